The Labute approximate surface area is 114 Å². The lowest BCUT2D eigenvalue weighted by Gasteiger charge is -2.26. The molecule has 1 aliphatic carbocycles. The van der Waals surface area contributed by atoms with E-state index in [0.29, 0.717) is 5.82 Å². The maximum Gasteiger partial charge on any atom is 0.335 e. The summed E-state index contributed by atoms with van der Waals surface area (Å²) in [6, 6.07) is 3.10. The molecular weight excluding hydrogens is 240 g/mol. The monoisotopic (exact) mass is 262 g/mol. The highest BCUT2D eigenvalue weighted by Crippen LogP contribution is 2.30. The molecule has 0 unspecified atom stereocenters. The summed E-state index contributed by atoms with van der Waals surface area (Å²) in [5.41, 5.74) is 0.281. The quantitative estimate of drug-likeness (QED) is 0.853. The van der Waals surface area contributed by atoms with Crippen molar-refractivity contribution in [2.75, 3.05) is 11.9 Å². The third kappa shape index (κ3) is 4.23. The fourth-order valence-electron chi connectivity index (χ4n) is 2.68. The molecule has 0 amide bonds. The van der Waals surface area contributed by atoms with Crippen LogP contribution in [0.25, 0.3) is 0 Å². The van der Waals surface area contributed by atoms with Gasteiger partial charge in [-0.25, -0.2) is 9.78 Å². The fourth-order valence-corrected chi connectivity index (χ4v) is 2.68. The summed E-state index contributed by atoms with van der Waals surface area (Å²) in [7, 11) is 0. The van der Waals surface area contributed by atoms with E-state index in [1.807, 2.05) is 0 Å². The first-order valence-electron chi connectivity index (χ1n) is 7.08. The summed E-state index contributed by atoms with van der Waals surface area (Å²) in [6.45, 7) is 3.20. The highest BCUT2D eigenvalue weighted by Gasteiger charge is 2.17. The highest BCUT2D eigenvalue weighted by atomic mass is 16.4. The van der Waals surface area contributed by atoms with E-state index in [1.54, 1.807) is 6.07 Å². The number of carbonyl (C=O) groups is 1. The molecule has 1 heterocycles. The average Bonchev–Trinajstić information content (AvgIpc) is 2.41. The van der Waals surface area contributed by atoms with Gasteiger partial charge in [0.25, 0.3) is 0 Å². The van der Waals surface area contributed by atoms with Crippen LogP contribution in [0.4, 0.5) is 5.82 Å². The van der Waals surface area contributed by atoms with E-state index in [-0.39, 0.29) is 5.56 Å². The summed E-state index contributed by atoms with van der Waals surface area (Å²) >= 11 is 0. The molecule has 0 saturated heterocycles. The minimum absolute atomic E-state index is 0.281. The Morgan fingerprint density at radius 3 is 2.84 bits per heavy atom. The third-order valence-corrected chi connectivity index (χ3v) is 4.00. The number of anilines is 1. The maximum absolute atomic E-state index is 10.8. The average molecular weight is 262 g/mol. The number of aromatic nitrogens is 1. The van der Waals surface area contributed by atoms with E-state index < -0.39 is 5.97 Å². The van der Waals surface area contributed by atoms with Crippen molar-refractivity contribution < 1.29 is 9.90 Å². The molecule has 0 aromatic carbocycles. The Bertz CT molecular complexity index is 426. The number of hydrogen-bond acceptors (Lipinski definition) is 3. The second kappa shape index (κ2) is 6.55. The zero-order valence-electron chi connectivity index (χ0n) is 11.4. The molecule has 0 atom stereocenters. The van der Waals surface area contributed by atoms with Crippen LogP contribution >= 0.6 is 0 Å². The predicted molar refractivity (Wildman–Crippen MR) is 75.4 cm³/mol. The minimum atomic E-state index is -0.910. The van der Waals surface area contributed by atoms with E-state index >= 15 is 0 Å². The van der Waals surface area contributed by atoms with Crippen molar-refractivity contribution in [3.63, 3.8) is 0 Å². The number of hydrogen-bond donors (Lipinski definition) is 2. The maximum atomic E-state index is 10.8. The third-order valence-electron chi connectivity index (χ3n) is 4.00. The van der Waals surface area contributed by atoms with E-state index in [0.717, 1.165) is 24.8 Å². The molecule has 19 heavy (non-hydrogen) atoms. The Hall–Kier alpha value is -1.58. The van der Waals surface area contributed by atoms with Gasteiger partial charge in [-0.2, -0.15) is 0 Å². The van der Waals surface area contributed by atoms with E-state index in [4.69, 9.17) is 5.11 Å². The van der Waals surface area contributed by atoms with Crippen molar-refractivity contribution >= 4 is 11.8 Å². The van der Waals surface area contributed by atoms with Gasteiger partial charge in [0.15, 0.2) is 0 Å². The lowest BCUT2D eigenvalue weighted by atomic mass is 9.81. The Morgan fingerprint density at radius 2 is 2.16 bits per heavy atom. The molecule has 104 valence electrons. The Balaban J connectivity index is 1.76. The first-order valence-corrected chi connectivity index (χ1v) is 7.08. The number of rotatable bonds is 5. The van der Waals surface area contributed by atoms with E-state index in [2.05, 4.69) is 17.2 Å². The van der Waals surface area contributed by atoms with E-state index in [9.17, 15) is 4.79 Å². The molecule has 4 nitrogen and oxygen atoms in total. The number of carboxylic acid groups (broad SMARTS) is 1. The van der Waals surface area contributed by atoms with Crippen molar-refractivity contribution in [2.45, 2.75) is 39.0 Å². The van der Waals surface area contributed by atoms with Crippen molar-refractivity contribution in [3.05, 3.63) is 23.9 Å². The molecule has 0 spiro atoms. The van der Waals surface area contributed by atoms with Gasteiger partial charge in [-0.1, -0.05) is 32.6 Å². The number of carboxylic acids is 1. The Morgan fingerprint density at radius 1 is 1.42 bits per heavy atom. The van der Waals surface area contributed by atoms with Gasteiger partial charge >= 0.3 is 5.97 Å². The van der Waals surface area contributed by atoms with Crippen LogP contribution in [-0.4, -0.2) is 22.6 Å². The zero-order chi connectivity index (χ0) is 13.7. The molecule has 1 aromatic rings. The van der Waals surface area contributed by atoms with Gasteiger partial charge in [0, 0.05) is 12.7 Å². The van der Waals surface area contributed by atoms with Crippen LogP contribution < -0.4 is 5.32 Å². The van der Waals surface area contributed by atoms with Crippen LogP contribution in [0.15, 0.2) is 18.3 Å². The molecule has 0 aliphatic heterocycles. The molecule has 2 rings (SSSR count). The van der Waals surface area contributed by atoms with Gasteiger partial charge in [-0.05, 0) is 30.4 Å². The zero-order valence-corrected chi connectivity index (χ0v) is 11.4. The molecular formula is C15H22N2O2. The lowest BCUT2D eigenvalue weighted by Crippen LogP contribution is -2.16. The second-order valence-electron chi connectivity index (χ2n) is 5.58. The number of aromatic carboxylic acids is 1. The molecule has 1 aromatic heterocycles. The first-order chi connectivity index (χ1) is 9.15. The van der Waals surface area contributed by atoms with Crippen LogP contribution in [0.3, 0.4) is 0 Å². The molecule has 4 heteroatoms. The summed E-state index contributed by atoms with van der Waals surface area (Å²) in [5, 5.41) is 12.1. The largest absolute Gasteiger partial charge is 0.478 e. The summed E-state index contributed by atoms with van der Waals surface area (Å²) in [4.78, 5) is 15.0. The smallest absolute Gasteiger partial charge is 0.335 e. The number of nitrogens with one attached hydrogen (secondary N) is 1. The van der Waals surface area contributed by atoms with Crippen molar-refractivity contribution in [3.8, 4) is 0 Å². The van der Waals surface area contributed by atoms with Crippen LogP contribution in [0.2, 0.25) is 0 Å². The number of pyridine rings is 1. The Kier molecular flexibility index (Phi) is 4.77. The molecule has 1 aliphatic rings. The summed E-state index contributed by atoms with van der Waals surface area (Å²) in [5.74, 6) is 1.44. The molecule has 0 bridgehead atoms. The van der Waals surface area contributed by atoms with Gasteiger partial charge < -0.3 is 10.4 Å². The van der Waals surface area contributed by atoms with Gasteiger partial charge in [0.05, 0.1) is 5.56 Å². The van der Waals surface area contributed by atoms with Gasteiger partial charge in [-0.3, -0.25) is 0 Å². The lowest BCUT2D eigenvalue weighted by molar-refractivity contribution is 0.0697. The van der Waals surface area contributed by atoms with Gasteiger partial charge in [-0.15, -0.1) is 0 Å². The van der Waals surface area contributed by atoms with Crippen LogP contribution in [0.1, 0.15) is 49.4 Å². The van der Waals surface area contributed by atoms with Gasteiger partial charge in [0.1, 0.15) is 5.82 Å². The predicted octanol–water partition coefficient (Wildman–Crippen LogP) is 3.41. The van der Waals surface area contributed by atoms with Gasteiger partial charge in [0.2, 0.25) is 0 Å². The summed E-state index contributed by atoms with van der Waals surface area (Å²) in [6.07, 6.45) is 8.02. The standard InChI is InChI=1S/C15H22N2O2/c1-11-2-4-12(5-3-11)6-8-16-14-10-13(15(18)19)7-9-17-14/h7,9-12H,2-6,8H2,1H3,(H,16,17)(H,18,19). The van der Waals surface area contributed by atoms with Crippen LogP contribution in [0, 0.1) is 11.8 Å². The number of nitrogens with zero attached hydrogens (tertiary/aromatic N) is 1. The SMILES string of the molecule is CC1CCC(CCNc2cc(C(=O)O)ccn2)CC1. The van der Waals surface area contributed by atoms with Crippen molar-refractivity contribution in [2.24, 2.45) is 11.8 Å². The minimum Gasteiger partial charge on any atom is -0.478 e. The topological polar surface area (TPSA) is 62.2 Å². The van der Waals surface area contributed by atoms with Crippen LogP contribution in [-0.2, 0) is 0 Å². The molecule has 1 saturated carbocycles. The van der Waals surface area contributed by atoms with Crippen molar-refractivity contribution in [1.82, 2.24) is 4.98 Å². The molecule has 1 fully saturated rings. The summed E-state index contributed by atoms with van der Waals surface area (Å²) < 4.78 is 0. The highest BCUT2D eigenvalue weighted by molar-refractivity contribution is 5.88. The fraction of sp³-hybridized carbons (Fsp3) is 0.600. The van der Waals surface area contributed by atoms with Crippen molar-refractivity contribution in [1.29, 1.82) is 0 Å². The van der Waals surface area contributed by atoms with E-state index in [1.165, 1.54) is 37.9 Å². The first kappa shape index (κ1) is 13.8. The molecule has 0 radical (unpaired) electrons. The second-order valence-corrected chi connectivity index (χ2v) is 5.58. The molecule has 2 N–H and O–H groups in total. The normalized spacial score (nSPS) is 23.0. The van der Waals surface area contributed by atoms with Crippen LogP contribution in [0.5, 0.6) is 0 Å².